The third-order valence-electron chi connectivity index (χ3n) is 2.90. The van der Waals surface area contributed by atoms with E-state index in [9.17, 15) is 0 Å². The maximum atomic E-state index is 4.15. The second kappa shape index (κ2) is 7.95. The molecule has 2 heteroatoms. The molecule has 1 aliphatic rings. The molecule has 0 atom stereocenters. The van der Waals surface area contributed by atoms with Crippen LogP contribution in [0.15, 0.2) is 0 Å². The Bertz CT molecular complexity index is 95.3. The Morgan fingerprint density at radius 2 is 1.75 bits per heavy atom. The van der Waals surface area contributed by atoms with E-state index >= 15 is 0 Å². The second-order valence-electron chi connectivity index (χ2n) is 3.95. The molecule has 0 radical (unpaired) electrons. The maximum Gasteiger partial charge on any atom is 1.00 e. The Balaban J connectivity index is 0.00000121. The van der Waals surface area contributed by atoms with Gasteiger partial charge in [-0.3, -0.25) is 0 Å². The van der Waals surface area contributed by atoms with E-state index in [4.69, 9.17) is 0 Å². The van der Waals surface area contributed by atoms with Crippen molar-refractivity contribution in [2.75, 3.05) is 13.6 Å². The van der Waals surface area contributed by atoms with Crippen LogP contribution in [0.3, 0.4) is 0 Å². The van der Waals surface area contributed by atoms with Crippen molar-refractivity contribution >= 4 is 0 Å². The number of hydrogen-bond donors (Lipinski definition) is 0. The van der Waals surface area contributed by atoms with Crippen LogP contribution >= 0.6 is 0 Å². The van der Waals surface area contributed by atoms with Gasteiger partial charge in [0.15, 0.2) is 0 Å². The summed E-state index contributed by atoms with van der Waals surface area (Å²) in [5.74, 6) is 1.99. The fourth-order valence-electron chi connectivity index (χ4n) is 1.93. The molecule has 1 saturated carbocycles. The average Bonchev–Trinajstić information content (AvgIpc) is 2.04. The van der Waals surface area contributed by atoms with Crippen LogP contribution in [-0.4, -0.2) is 13.6 Å². The van der Waals surface area contributed by atoms with Crippen LogP contribution in [0.2, 0.25) is 0 Å². The smallest absolute Gasteiger partial charge is 0.665 e. The molecule has 0 aromatic rings. The molecule has 0 N–H and O–H groups in total. The van der Waals surface area contributed by atoms with Crippen molar-refractivity contribution < 1.29 is 51.4 Å². The molecule has 1 fully saturated rings. The summed E-state index contributed by atoms with van der Waals surface area (Å²) >= 11 is 0. The third kappa shape index (κ3) is 5.35. The predicted octanol–water partition coefficient (Wildman–Crippen LogP) is 0.210. The van der Waals surface area contributed by atoms with E-state index < -0.39 is 0 Å². The van der Waals surface area contributed by atoms with Crippen LogP contribution in [-0.2, 0) is 0 Å². The Morgan fingerprint density at radius 1 is 1.17 bits per heavy atom. The minimum absolute atomic E-state index is 0. The summed E-state index contributed by atoms with van der Waals surface area (Å²) in [5, 5.41) is 4.15. The van der Waals surface area contributed by atoms with Gasteiger partial charge in [-0.15, -0.1) is 6.54 Å². The van der Waals surface area contributed by atoms with Gasteiger partial charge in [-0.25, -0.2) is 0 Å². The van der Waals surface area contributed by atoms with Crippen LogP contribution < -0.4 is 51.4 Å². The van der Waals surface area contributed by atoms with Gasteiger partial charge in [0.1, 0.15) is 0 Å². The van der Waals surface area contributed by atoms with Gasteiger partial charge in [0.2, 0.25) is 0 Å². The first-order valence-electron chi connectivity index (χ1n) is 4.88. The molecule has 0 amide bonds. The minimum atomic E-state index is 0. The summed E-state index contributed by atoms with van der Waals surface area (Å²) in [7, 11) is 1.92. The number of rotatable bonds is 3. The van der Waals surface area contributed by atoms with E-state index in [0.717, 1.165) is 18.4 Å². The van der Waals surface area contributed by atoms with Crippen molar-refractivity contribution in [3.05, 3.63) is 5.32 Å². The molecular formula is C10H20KN. The summed E-state index contributed by atoms with van der Waals surface area (Å²) < 4.78 is 0. The number of nitrogens with zero attached hydrogens (tertiary/aromatic N) is 1. The van der Waals surface area contributed by atoms with E-state index in [1.165, 1.54) is 32.1 Å². The molecular weight excluding hydrogens is 173 g/mol. The summed E-state index contributed by atoms with van der Waals surface area (Å²) in [5.41, 5.74) is 0. The third-order valence-corrected chi connectivity index (χ3v) is 2.90. The Kier molecular flexibility index (Phi) is 9.01. The predicted molar refractivity (Wildman–Crippen MR) is 49.9 cm³/mol. The monoisotopic (exact) mass is 193 g/mol. The first-order chi connectivity index (χ1) is 5.33. The zero-order valence-electron chi connectivity index (χ0n) is 8.84. The van der Waals surface area contributed by atoms with Crippen molar-refractivity contribution in [3.63, 3.8) is 0 Å². The molecule has 0 unspecified atom stereocenters. The van der Waals surface area contributed by atoms with Crippen LogP contribution in [0.1, 0.15) is 39.0 Å². The summed E-state index contributed by atoms with van der Waals surface area (Å²) in [6, 6.07) is 0. The van der Waals surface area contributed by atoms with Gasteiger partial charge in [0.25, 0.3) is 0 Å². The Labute approximate surface area is 119 Å². The Hall–Kier alpha value is 1.60. The second-order valence-corrected chi connectivity index (χ2v) is 3.95. The largest absolute Gasteiger partial charge is 1.00 e. The molecule has 1 rings (SSSR count). The van der Waals surface area contributed by atoms with Gasteiger partial charge in [-0.05, 0) is 11.8 Å². The van der Waals surface area contributed by atoms with Crippen LogP contribution in [0.4, 0.5) is 0 Å². The molecule has 0 aromatic heterocycles. The van der Waals surface area contributed by atoms with Crippen LogP contribution in [0.5, 0.6) is 0 Å². The zero-order valence-corrected chi connectivity index (χ0v) is 12.0. The summed E-state index contributed by atoms with van der Waals surface area (Å²) in [4.78, 5) is 0. The average molecular weight is 193 g/mol. The van der Waals surface area contributed by atoms with Gasteiger partial charge in [-0.2, -0.15) is 7.05 Å². The molecule has 12 heavy (non-hydrogen) atoms. The normalized spacial score (nSPS) is 29.5. The quantitative estimate of drug-likeness (QED) is 0.569. The van der Waals surface area contributed by atoms with E-state index in [2.05, 4.69) is 12.2 Å². The van der Waals surface area contributed by atoms with Crippen molar-refractivity contribution in [1.82, 2.24) is 0 Å². The van der Waals surface area contributed by atoms with E-state index in [1.807, 2.05) is 7.05 Å². The van der Waals surface area contributed by atoms with Crippen LogP contribution in [0, 0.1) is 11.8 Å². The molecule has 0 heterocycles. The van der Waals surface area contributed by atoms with E-state index in [0.29, 0.717) is 0 Å². The molecule has 1 nitrogen and oxygen atoms in total. The molecule has 0 spiro atoms. The first kappa shape index (κ1) is 13.6. The number of hydrogen-bond acceptors (Lipinski definition) is 0. The SMILES string of the molecule is C[N-]CCC1CCC(C)CC1.[K+]. The molecule has 0 aromatic carbocycles. The van der Waals surface area contributed by atoms with E-state index in [1.54, 1.807) is 0 Å². The van der Waals surface area contributed by atoms with Crippen molar-refractivity contribution in [3.8, 4) is 0 Å². The van der Waals surface area contributed by atoms with Gasteiger partial charge < -0.3 is 5.32 Å². The van der Waals surface area contributed by atoms with Gasteiger partial charge in [0.05, 0.1) is 0 Å². The van der Waals surface area contributed by atoms with Crippen molar-refractivity contribution in [1.29, 1.82) is 0 Å². The summed E-state index contributed by atoms with van der Waals surface area (Å²) in [6.07, 6.45) is 7.15. The van der Waals surface area contributed by atoms with Crippen molar-refractivity contribution in [2.24, 2.45) is 11.8 Å². The molecule has 1 aliphatic carbocycles. The van der Waals surface area contributed by atoms with Gasteiger partial charge >= 0.3 is 51.4 Å². The fraction of sp³-hybridized carbons (Fsp3) is 1.00. The minimum Gasteiger partial charge on any atom is -0.665 e. The first-order valence-corrected chi connectivity index (χ1v) is 4.88. The van der Waals surface area contributed by atoms with Crippen LogP contribution in [0.25, 0.3) is 5.32 Å². The standard InChI is InChI=1S/C10H20N.K/c1-9-3-5-10(6-4-9)7-8-11-2;/h9-10H,3-8H2,1-2H3;/q-1;+1. The van der Waals surface area contributed by atoms with Gasteiger partial charge in [-0.1, -0.05) is 39.0 Å². The molecule has 0 aliphatic heterocycles. The topological polar surface area (TPSA) is 14.1 Å². The molecule has 0 saturated heterocycles. The zero-order chi connectivity index (χ0) is 8.10. The Morgan fingerprint density at radius 3 is 2.25 bits per heavy atom. The summed E-state index contributed by atoms with van der Waals surface area (Å²) in [6.45, 7) is 3.46. The van der Waals surface area contributed by atoms with Gasteiger partial charge in [0, 0.05) is 0 Å². The van der Waals surface area contributed by atoms with E-state index in [-0.39, 0.29) is 51.4 Å². The molecule has 66 valence electrons. The maximum absolute atomic E-state index is 4.15. The molecule has 0 bridgehead atoms. The van der Waals surface area contributed by atoms with Crippen molar-refractivity contribution in [2.45, 2.75) is 39.0 Å². The fourth-order valence-corrected chi connectivity index (χ4v) is 1.93.